The minimum atomic E-state index is -0.159. The number of piperidine rings is 2. The third-order valence-corrected chi connectivity index (χ3v) is 6.23. The maximum atomic E-state index is 12.4. The standard InChI is InChI=1S/C17H26N2O3S/c20-11-14(12-21)18-7-6-16-13(10-18)3-4-17(22)19(16)8-5-15-2-1-9-23-15/h1-2,9,13-14,16,20-21H,3-8,10-12H2/t13-,16+/m0/s1. The number of nitrogens with zero attached hydrogens (tertiary/aromatic N) is 2. The Kier molecular flexibility index (Phi) is 5.69. The summed E-state index contributed by atoms with van der Waals surface area (Å²) in [6.45, 7) is 2.52. The van der Waals surface area contributed by atoms with Crippen molar-refractivity contribution in [1.82, 2.24) is 9.80 Å². The van der Waals surface area contributed by atoms with Crippen LogP contribution in [0.3, 0.4) is 0 Å². The molecule has 1 aromatic heterocycles. The minimum absolute atomic E-state index is 0.00505. The van der Waals surface area contributed by atoms with Gasteiger partial charge >= 0.3 is 0 Å². The molecule has 128 valence electrons. The monoisotopic (exact) mass is 338 g/mol. The number of thiophene rings is 1. The van der Waals surface area contributed by atoms with Gasteiger partial charge in [0.1, 0.15) is 0 Å². The smallest absolute Gasteiger partial charge is 0.222 e. The second-order valence-corrected chi connectivity index (χ2v) is 7.62. The van der Waals surface area contributed by atoms with E-state index in [0.29, 0.717) is 18.4 Å². The number of hydrogen-bond acceptors (Lipinski definition) is 5. The first-order chi connectivity index (χ1) is 11.2. The van der Waals surface area contributed by atoms with E-state index in [1.165, 1.54) is 4.88 Å². The summed E-state index contributed by atoms with van der Waals surface area (Å²) < 4.78 is 0. The summed E-state index contributed by atoms with van der Waals surface area (Å²) in [5.41, 5.74) is 0. The summed E-state index contributed by atoms with van der Waals surface area (Å²) in [5, 5.41) is 20.9. The lowest BCUT2D eigenvalue weighted by Crippen LogP contribution is -2.58. The molecule has 23 heavy (non-hydrogen) atoms. The van der Waals surface area contributed by atoms with Crippen molar-refractivity contribution in [2.75, 3.05) is 32.8 Å². The van der Waals surface area contributed by atoms with Crippen LogP contribution in [0, 0.1) is 5.92 Å². The Balaban J connectivity index is 1.62. The molecule has 2 atom stereocenters. The van der Waals surface area contributed by atoms with Crippen molar-refractivity contribution in [3.8, 4) is 0 Å². The van der Waals surface area contributed by atoms with Gasteiger partial charge in [-0.2, -0.15) is 0 Å². The number of carbonyl (C=O) groups is 1. The van der Waals surface area contributed by atoms with E-state index in [0.717, 1.165) is 38.9 Å². The Morgan fingerprint density at radius 3 is 2.83 bits per heavy atom. The molecule has 2 fully saturated rings. The second kappa shape index (κ2) is 7.75. The summed E-state index contributed by atoms with van der Waals surface area (Å²) >= 11 is 1.75. The van der Waals surface area contributed by atoms with Crippen molar-refractivity contribution in [3.63, 3.8) is 0 Å². The fraction of sp³-hybridized carbons (Fsp3) is 0.706. The zero-order valence-electron chi connectivity index (χ0n) is 13.4. The van der Waals surface area contributed by atoms with Gasteiger partial charge in [0.05, 0.1) is 19.3 Å². The van der Waals surface area contributed by atoms with Crippen molar-refractivity contribution in [3.05, 3.63) is 22.4 Å². The van der Waals surface area contributed by atoms with Gasteiger partial charge in [0.2, 0.25) is 5.91 Å². The Labute approximate surface area is 141 Å². The number of fused-ring (bicyclic) bond motifs is 1. The number of aliphatic hydroxyl groups is 2. The van der Waals surface area contributed by atoms with Crippen LogP contribution in [-0.2, 0) is 11.2 Å². The lowest BCUT2D eigenvalue weighted by molar-refractivity contribution is -0.141. The highest BCUT2D eigenvalue weighted by Crippen LogP contribution is 2.32. The molecule has 0 saturated carbocycles. The summed E-state index contributed by atoms with van der Waals surface area (Å²) in [6.07, 6.45) is 3.44. The third kappa shape index (κ3) is 3.76. The Hall–Kier alpha value is -0.950. The normalized spacial score (nSPS) is 25.9. The maximum absolute atomic E-state index is 12.4. The lowest BCUT2D eigenvalue weighted by atomic mass is 9.83. The van der Waals surface area contributed by atoms with E-state index in [1.807, 2.05) is 0 Å². The molecule has 0 bridgehead atoms. The SMILES string of the molecule is O=C1CC[C@H]2CN(C(CO)CO)CC[C@H]2N1CCc1cccs1. The van der Waals surface area contributed by atoms with Crippen LogP contribution >= 0.6 is 11.3 Å². The molecule has 2 saturated heterocycles. The maximum Gasteiger partial charge on any atom is 0.222 e. The van der Waals surface area contributed by atoms with Gasteiger partial charge in [0.15, 0.2) is 0 Å². The zero-order valence-corrected chi connectivity index (χ0v) is 14.2. The quantitative estimate of drug-likeness (QED) is 0.811. The molecule has 0 spiro atoms. The van der Waals surface area contributed by atoms with Crippen LogP contribution in [0.25, 0.3) is 0 Å². The van der Waals surface area contributed by atoms with Crippen molar-refractivity contribution >= 4 is 17.2 Å². The number of carbonyl (C=O) groups excluding carboxylic acids is 1. The molecular weight excluding hydrogens is 312 g/mol. The third-order valence-electron chi connectivity index (χ3n) is 5.29. The summed E-state index contributed by atoms with van der Waals surface area (Å²) in [6, 6.07) is 4.36. The summed E-state index contributed by atoms with van der Waals surface area (Å²) in [4.78, 5) is 18.0. The zero-order chi connectivity index (χ0) is 16.2. The molecule has 3 rings (SSSR count). The Bertz CT molecular complexity index is 504. The fourth-order valence-electron chi connectivity index (χ4n) is 3.98. The first-order valence-electron chi connectivity index (χ1n) is 8.50. The fourth-order valence-corrected chi connectivity index (χ4v) is 4.67. The first kappa shape index (κ1) is 16.9. The highest BCUT2D eigenvalue weighted by molar-refractivity contribution is 7.09. The number of likely N-dealkylation sites (tertiary alicyclic amines) is 2. The average Bonchev–Trinajstić information content (AvgIpc) is 3.08. The molecule has 0 aliphatic carbocycles. The number of rotatable bonds is 6. The van der Waals surface area contributed by atoms with Crippen molar-refractivity contribution in [2.45, 2.75) is 37.8 Å². The van der Waals surface area contributed by atoms with E-state index in [2.05, 4.69) is 27.3 Å². The van der Waals surface area contributed by atoms with Gasteiger partial charge in [-0.15, -0.1) is 11.3 Å². The molecule has 0 aromatic carbocycles. The van der Waals surface area contributed by atoms with Gasteiger partial charge in [-0.3, -0.25) is 9.69 Å². The molecule has 3 heterocycles. The van der Waals surface area contributed by atoms with E-state index in [1.54, 1.807) is 11.3 Å². The van der Waals surface area contributed by atoms with E-state index >= 15 is 0 Å². The summed E-state index contributed by atoms with van der Waals surface area (Å²) in [5.74, 6) is 0.752. The predicted molar refractivity (Wildman–Crippen MR) is 90.4 cm³/mol. The van der Waals surface area contributed by atoms with Crippen LogP contribution < -0.4 is 0 Å². The lowest BCUT2D eigenvalue weighted by Gasteiger charge is -2.48. The Morgan fingerprint density at radius 2 is 2.13 bits per heavy atom. The minimum Gasteiger partial charge on any atom is -0.395 e. The van der Waals surface area contributed by atoms with Gasteiger partial charge in [0.25, 0.3) is 0 Å². The molecule has 0 unspecified atom stereocenters. The van der Waals surface area contributed by atoms with Crippen LogP contribution in [0.4, 0.5) is 0 Å². The van der Waals surface area contributed by atoms with Gasteiger partial charge in [0, 0.05) is 37.0 Å². The molecule has 1 aromatic rings. The van der Waals surface area contributed by atoms with Crippen LogP contribution in [-0.4, -0.2) is 70.9 Å². The topological polar surface area (TPSA) is 64.0 Å². The largest absolute Gasteiger partial charge is 0.395 e. The Morgan fingerprint density at radius 1 is 1.30 bits per heavy atom. The number of hydrogen-bond donors (Lipinski definition) is 2. The van der Waals surface area contributed by atoms with Crippen molar-refractivity contribution < 1.29 is 15.0 Å². The van der Waals surface area contributed by atoms with Crippen LogP contribution in [0.2, 0.25) is 0 Å². The van der Waals surface area contributed by atoms with Crippen molar-refractivity contribution in [2.24, 2.45) is 5.92 Å². The van der Waals surface area contributed by atoms with Crippen molar-refractivity contribution in [1.29, 1.82) is 0 Å². The van der Waals surface area contributed by atoms with Gasteiger partial charge in [-0.1, -0.05) is 6.07 Å². The highest BCUT2D eigenvalue weighted by Gasteiger charge is 2.40. The van der Waals surface area contributed by atoms with E-state index in [-0.39, 0.29) is 25.2 Å². The van der Waals surface area contributed by atoms with Gasteiger partial charge < -0.3 is 15.1 Å². The number of aliphatic hydroxyl groups excluding tert-OH is 2. The van der Waals surface area contributed by atoms with Crippen LogP contribution in [0.15, 0.2) is 17.5 Å². The first-order valence-corrected chi connectivity index (χ1v) is 9.38. The molecule has 2 aliphatic rings. The predicted octanol–water partition coefficient (Wildman–Crippen LogP) is 0.957. The van der Waals surface area contributed by atoms with Crippen LogP contribution in [0.5, 0.6) is 0 Å². The van der Waals surface area contributed by atoms with E-state index in [4.69, 9.17) is 0 Å². The molecule has 0 radical (unpaired) electrons. The molecule has 5 nitrogen and oxygen atoms in total. The molecule has 2 N–H and O–H groups in total. The van der Waals surface area contributed by atoms with Gasteiger partial charge in [-0.05, 0) is 36.6 Å². The van der Waals surface area contributed by atoms with E-state index in [9.17, 15) is 15.0 Å². The molecule has 6 heteroatoms. The highest BCUT2D eigenvalue weighted by atomic mass is 32.1. The van der Waals surface area contributed by atoms with Crippen LogP contribution in [0.1, 0.15) is 24.1 Å². The molecular formula is C17H26N2O3S. The second-order valence-electron chi connectivity index (χ2n) is 6.59. The average molecular weight is 338 g/mol. The van der Waals surface area contributed by atoms with E-state index < -0.39 is 0 Å². The molecule has 1 amide bonds. The number of amides is 1. The molecule has 2 aliphatic heterocycles. The van der Waals surface area contributed by atoms with Gasteiger partial charge in [-0.25, -0.2) is 0 Å². The summed E-state index contributed by atoms with van der Waals surface area (Å²) in [7, 11) is 0.